The third-order valence-electron chi connectivity index (χ3n) is 1.96. The molecule has 0 saturated heterocycles. The molecular formula is C11H17NO4. The van der Waals surface area contributed by atoms with Gasteiger partial charge < -0.3 is 9.47 Å². The summed E-state index contributed by atoms with van der Waals surface area (Å²) in [6.07, 6.45) is 2.35. The zero-order chi connectivity index (χ0) is 12.3. The van der Waals surface area contributed by atoms with Gasteiger partial charge in [0.2, 0.25) is 0 Å². The van der Waals surface area contributed by atoms with E-state index in [4.69, 9.17) is 9.47 Å². The summed E-state index contributed by atoms with van der Waals surface area (Å²) in [4.78, 5) is 24.3. The fraction of sp³-hybridized carbons (Fsp3) is 0.636. The highest BCUT2D eigenvalue weighted by atomic mass is 16.6. The summed E-state index contributed by atoms with van der Waals surface area (Å²) in [5, 5.41) is 0. The molecule has 0 N–H and O–H groups in total. The third-order valence-corrected chi connectivity index (χ3v) is 1.96. The van der Waals surface area contributed by atoms with E-state index in [1.165, 1.54) is 13.2 Å². The van der Waals surface area contributed by atoms with Crippen LogP contribution in [0.2, 0.25) is 0 Å². The number of rotatable bonds is 2. The van der Waals surface area contributed by atoms with E-state index < -0.39 is 11.7 Å². The second kappa shape index (κ2) is 4.65. The first kappa shape index (κ1) is 12.7. The van der Waals surface area contributed by atoms with Gasteiger partial charge in [0, 0.05) is 13.2 Å². The van der Waals surface area contributed by atoms with Crippen molar-refractivity contribution in [3.8, 4) is 0 Å². The smallest absolute Gasteiger partial charge is 0.417 e. The molecule has 16 heavy (non-hydrogen) atoms. The quantitative estimate of drug-likeness (QED) is 0.714. The lowest BCUT2D eigenvalue weighted by Gasteiger charge is -2.26. The molecule has 0 saturated carbocycles. The van der Waals surface area contributed by atoms with Crippen molar-refractivity contribution in [3.05, 3.63) is 12.2 Å². The van der Waals surface area contributed by atoms with Gasteiger partial charge in [-0.15, -0.1) is 0 Å². The summed E-state index contributed by atoms with van der Waals surface area (Å²) in [7, 11) is 1.52. The lowest BCUT2D eigenvalue weighted by molar-refractivity contribution is -0.125. The van der Waals surface area contributed by atoms with E-state index in [9.17, 15) is 9.59 Å². The molecule has 0 fully saturated rings. The van der Waals surface area contributed by atoms with Gasteiger partial charge in [0.15, 0.2) is 0 Å². The largest absolute Gasteiger partial charge is 0.443 e. The number of nitrogens with zero attached hydrogens (tertiary/aromatic N) is 1. The molecule has 90 valence electrons. The maximum Gasteiger partial charge on any atom is 0.417 e. The van der Waals surface area contributed by atoms with Crippen LogP contribution < -0.4 is 0 Å². The van der Waals surface area contributed by atoms with E-state index in [1.807, 2.05) is 0 Å². The Morgan fingerprint density at radius 2 is 2.12 bits per heavy atom. The van der Waals surface area contributed by atoms with Crippen molar-refractivity contribution < 1.29 is 19.1 Å². The summed E-state index contributed by atoms with van der Waals surface area (Å²) in [6, 6.07) is -0.368. The zero-order valence-corrected chi connectivity index (χ0v) is 10.0. The van der Waals surface area contributed by atoms with Gasteiger partial charge in [-0.05, 0) is 20.8 Å². The number of carbonyl (C=O) groups excluding carboxylic acids is 2. The Morgan fingerprint density at radius 3 is 2.62 bits per heavy atom. The Kier molecular flexibility index (Phi) is 3.70. The van der Waals surface area contributed by atoms with Crippen LogP contribution >= 0.6 is 0 Å². The average molecular weight is 227 g/mol. The van der Waals surface area contributed by atoms with Crippen LogP contribution in [0.1, 0.15) is 20.8 Å². The summed E-state index contributed by atoms with van der Waals surface area (Å²) >= 11 is 0. The van der Waals surface area contributed by atoms with Crippen molar-refractivity contribution in [1.29, 1.82) is 0 Å². The Labute approximate surface area is 95.0 Å². The standard InChI is InChI=1S/C11H17NO4/c1-11(2,3)16-10(14)12-8(7-15-4)5-6-9(12)13/h5-6,8H,7H2,1-4H3/t8-/m0/s1. The molecule has 5 nitrogen and oxygen atoms in total. The average Bonchev–Trinajstić information content (AvgIpc) is 2.44. The highest BCUT2D eigenvalue weighted by Gasteiger charge is 2.34. The molecule has 0 spiro atoms. The van der Waals surface area contributed by atoms with Crippen molar-refractivity contribution >= 4 is 12.0 Å². The molecule has 0 radical (unpaired) electrons. The Morgan fingerprint density at radius 1 is 1.50 bits per heavy atom. The minimum Gasteiger partial charge on any atom is -0.443 e. The maximum atomic E-state index is 11.7. The van der Waals surface area contributed by atoms with Gasteiger partial charge in [0.1, 0.15) is 5.60 Å². The number of imide groups is 1. The molecule has 0 aromatic carbocycles. The Balaban J connectivity index is 2.70. The lowest BCUT2D eigenvalue weighted by Crippen LogP contribution is -2.44. The fourth-order valence-corrected chi connectivity index (χ4v) is 1.36. The number of hydrogen-bond acceptors (Lipinski definition) is 4. The zero-order valence-electron chi connectivity index (χ0n) is 10.0. The van der Waals surface area contributed by atoms with Crippen LogP contribution in [0.4, 0.5) is 4.79 Å². The van der Waals surface area contributed by atoms with E-state index in [0.717, 1.165) is 4.90 Å². The highest BCUT2D eigenvalue weighted by Crippen LogP contribution is 2.17. The molecule has 0 aliphatic carbocycles. The highest BCUT2D eigenvalue weighted by molar-refractivity contribution is 6.01. The molecule has 1 atom stereocenters. The first-order valence-corrected chi connectivity index (χ1v) is 5.08. The van der Waals surface area contributed by atoms with Gasteiger partial charge in [-0.1, -0.05) is 6.08 Å². The van der Waals surface area contributed by atoms with Crippen LogP contribution in [0, 0.1) is 0 Å². The van der Waals surface area contributed by atoms with E-state index in [2.05, 4.69) is 0 Å². The number of methoxy groups -OCH3 is 1. The van der Waals surface area contributed by atoms with E-state index >= 15 is 0 Å². The monoisotopic (exact) mass is 227 g/mol. The van der Waals surface area contributed by atoms with Crippen molar-refractivity contribution in [2.75, 3.05) is 13.7 Å². The van der Waals surface area contributed by atoms with Crippen molar-refractivity contribution in [2.45, 2.75) is 32.4 Å². The summed E-state index contributed by atoms with van der Waals surface area (Å²) < 4.78 is 10.1. The van der Waals surface area contributed by atoms with Gasteiger partial charge in [-0.2, -0.15) is 0 Å². The minimum atomic E-state index is -0.635. The molecule has 0 aromatic heterocycles. The molecule has 1 aliphatic rings. The van der Waals surface area contributed by atoms with Gasteiger partial charge in [0.25, 0.3) is 5.91 Å². The first-order chi connectivity index (χ1) is 7.35. The molecule has 1 aliphatic heterocycles. The van der Waals surface area contributed by atoms with Gasteiger partial charge in [-0.25, -0.2) is 9.69 Å². The predicted octanol–water partition coefficient (Wildman–Crippen LogP) is 1.33. The van der Waals surface area contributed by atoms with Gasteiger partial charge in [-0.3, -0.25) is 4.79 Å². The molecular weight excluding hydrogens is 210 g/mol. The molecule has 1 heterocycles. The second-order valence-corrected chi connectivity index (χ2v) is 4.57. The molecule has 0 bridgehead atoms. The fourth-order valence-electron chi connectivity index (χ4n) is 1.36. The van der Waals surface area contributed by atoms with Crippen molar-refractivity contribution in [2.24, 2.45) is 0 Å². The molecule has 0 aromatic rings. The van der Waals surface area contributed by atoms with Crippen molar-refractivity contribution in [3.63, 3.8) is 0 Å². The number of ether oxygens (including phenoxy) is 2. The molecule has 0 unspecified atom stereocenters. The van der Waals surface area contributed by atoms with Crippen LogP contribution in [-0.4, -0.2) is 42.3 Å². The molecule has 5 heteroatoms. The third kappa shape index (κ3) is 3.06. The number of hydrogen-bond donors (Lipinski definition) is 0. The van der Waals surface area contributed by atoms with E-state index in [1.54, 1.807) is 26.8 Å². The van der Waals surface area contributed by atoms with Crippen molar-refractivity contribution in [1.82, 2.24) is 4.90 Å². The summed E-state index contributed by atoms with van der Waals surface area (Å²) in [5.41, 5.74) is -0.614. The first-order valence-electron chi connectivity index (χ1n) is 5.08. The van der Waals surface area contributed by atoms with Crippen LogP contribution in [0.25, 0.3) is 0 Å². The van der Waals surface area contributed by atoms with Crippen LogP contribution in [-0.2, 0) is 14.3 Å². The Bertz CT molecular complexity index is 316. The molecule has 1 rings (SSSR count). The minimum absolute atomic E-state index is 0.279. The lowest BCUT2D eigenvalue weighted by atomic mass is 10.2. The maximum absolute atomic E-state index is 11.7. The van der Waals surface area contributed by atoms with Crippen LogP contribution in [0.3, 0.4) is 0 Å². The summed E-state index contributed by atoms with van der Waals surface area (Å²) in [6.45, 7) is 5.54. The predicted molar refractivity (Wildman–Crippen MR) is 57.9 cm³/mol. The topological polar surface area (TPSA) is 55.8 Å². The number of amides is 2. The normalized spacial score (nSPS) is 20.4. The van der Waals surface area contributed by atoms with Gasteiger partial charge in [0.05, 0.1) is 12.6 Å². The Hall–Kier alpha value is -1.36. The van der Waals surface area contributed by atoms with Gasteiger partial charge >= 0.3 is 6.09 Å². The SMILES string of the molecule is COC[C@@H]1C=CC(=O)N1C(=O)OC(C)(C)C. The van der Waals surface area contributed by atoms with Crippen LogP contribution in [0.15, 0.2) is 12.2 Å². The summed E-state index contributed by atoms with van der Waals surface area (Å²) in [5.74, 6) is -0.365. The number of carbonyl (C=O) groups is 2. The van der Waals surface area contributed by atoms with E-state index in [0.29, 0.717) is 0 Å². The van der Waals surface area contributed by atoms with Crippen LogP contribution in [0.5, 0.6) is 0 Å². The second-order valence-electron chi connectivity index (χ2n) is 4.57. The van der Waals surface area contributed by atoms with E-state index in [-0.39, 0.29) is 18.6 Å². The molecule has 2 amide bonds.